The van der Waals surface area contributed by atoms with Gasteiger partial charge in [0.1, 0.15) is 0 Å². The smallest absolute Gasteiger partial charge is 0.337 e. The monoisotopic (exact) mass is 289 g/mol. The van der Waals surface area contributed by atoms with Gasteiger partial charge in [-0.2, -0.15) is 0 Å². The van der Waals surface area contributed by atoms with E-state index in [0.29, 0.717) is 10.6 Å². The average molecular weight is 290 g/mol. The summed E-state index contributed by atoms with van der Waals surface area (Å²) in [6.07, 6.45) is 0. The van der Waals surface area contributed by atoms with Crippen LogP contribution in [0.2, 0.25) is 5.02 Å². The first kappa shape index (κ1) is 14.1. The van der Waals surface area contributed by atoms with Crippen molar-refractivity contribution < 1.29 is 14.7 Å². The maximum absolute atomic E-state index is 12.1. The zero-order chi connectivity index (χ0) is 14.7. The van der Waals surface area contributed by atoms with Crippen molar-refractivity contribution in [2.24, 2.45) is 0 Å². The summed E-state index contributed by atoms with van der Waals surface area (Å²) >= 11 is 5.90. The molecule has 0 aliphatic carbocycles. The highest BCUT2D eigenvalue weighted by Gasteiger charge is 2.13. The number of carboxylic acid groups (broad SMARTS) is 1. The van der Waals surface area contributed by atoms with E-state index in [9.17, 15) is 9.59 Å². The second-order valence-electron chi connectivity index (χ2n) is 4.27. The number of hydrogen-bond acceptors (Lipinski definition) is 2. The minimum absolute atomic E-state index is 0.0477. The fraction of sp³-hybridized carbons (Fsp3) is 0.0667. The number of anilines is 1. The Kier molecular flexibility index (Phi) is 4.05. The molecule has 1 amide bonds. The Labute approximate surface area is 121 Å². The van der Waals surface area contributed by atoms with E-state index < -0.39 is 5.97 Å². The van der Waals surface area contributed by atoms with Gasteiger partial charge in [-0.1, -0.05) is 23.7 Å². The highest BCUT2D eigenvalue weighted by Crippen LogP contribution is 2.19. The van der Waals surface area contributed by atoms with Crippen molar-refractivity contribution in [2.75, 3.05) is 5.32 Å². The second kappa shape index (κ2) is 5.75. The van der Waals surface area contributed by atoms with Gasteiger partial charge in [-0.05, 0) is 42.8 Å². The Bertz CT molecular complexity index is 683. The van der Waals surface area contributed by atoms with Gasteiger partial charge in [0.15, 0.2) is 0 Å². The van der Waals surface area contributed by atoms with E-state index in [-0.39, 0.29) is 17.2 Å². The number of hydrogen-bond donors (Lipinski definition) is 2. The van der Waals surface area contributed by atoms with E-state index >= 15 is 0 Å². The number of benzene rings is 2. The summed E-state index contributed by atoms with van der Waals surface area (Å²) < 4.78 is 0. The number of rotatable bonds is 3. The van der Waals surface area contributed by atoms with Gasteiger partial charge in [-0.15, -0.1) is 0 Å². The number of aryl methyl sites for hydroxylation is 1. The summed E-state index contributed by atoms with van der Waals surface area (Å²) in [6.45, 7) is 1.80. The molecule has 0 aliphatic heterocycles. The quantitative estimate of drug-likeness (QED) is 0.907. The van der Waals surface area contributed by atoms with Crippen LogP contribution in [-0.4, -0.2) is 17.0 Å². The molecule has 2 aromatic rings. The Hall–Kier alpha value is -2.33. The molecule has 0 unspecified atom stereocenters. The van der Waals surface area contributed by atoms with Crippen molar-refractivity contribution >= 4 is 29.2 Å². The fourth-order valence-corrected chi connectivity index (χ4v) is 1.88. The van der Waals surface area contributed by atoms with Crippen LogP contribution >= 0.6 is 11.6 Å². The van der Waals surface area contributed by atoms with Gasteiger partial charge in [-0.25, -0.2) is 4.79 Å². The molecule has 0 spiro atoms. The van der Waals surface area contributed by atoms with Gasteiger partial charge in [0.2, 0.25) is 0 Å². The highest BCUT2D eigenvalue weighted by molar-refractivity contribution is 6.31. The van der Waals surface area contributed by atoms with Crippen molar-refractivity contribution in [2.45, 2.75) is 6.92 Å². The van der Waals surface area contributed by atoms with Crippen LogP contribution in [0.15, 0.2) is 42.5 Å². The first-order valence-corrected chi connectivity index (χ1v) is 6.26. The zero-order valence-corrected chi connectivity index (χ0v) is 11.4. The van der Waals surface area contributed by atoms with Crippen LogP contribution in [0.5, 0.6) is 0 Å². The Morgan fingerprint density at radius 3 is 2.50 bits per heavy atom. The van der Waals surface area contributed by atoms with Gasteiger partial charge in [0.05, 0.1) is 11.3 Å². The van der Waals surface area contributed by atoms with Gasteiger partial charge in [0.25, 0.3) is 5.91 Å². The van der Waals surface area contributed by atoms with Gasteiger partial charge in [-0.3, -0.25) is 4.79 Å². The fourth-order valence-electron chi connectivity index (χ4n) is 1.76. The molecule has 2 N–H and O–H groups in total. The summed E-state index contributed by atoms with van der Waals surface area (Å²) in [5.74, 6) is -1.47. The van der Waals surface area contributed by atoms with E-state index in [4.69, 9.17) is 16.7 Å². The molecule has 0 bridgehead atoms. The average Bonchev–Trinajstić information content (AvgIpc) is 2.42. The lowest BCUT2D eigenvalue weighted by Gasteiger charge is -2.09. The summed E-state index contributed by atoms with van der Waals surface area (Å²) in [6, 6.07) is 11.1. The van der Waals surface area contributed by atoms with E-state index in [1.807, 2.05) is 0 Å². The summed E-state index contributed by atoms with van der Waals surface area (Å²) in [4.78, 5) is 23.2. The molecule has 0 radical (unpaired) electrons. The van der Waals surface area contributed by atoms with E-state index in [1.165, 1.54) is 6.07 Å². The largest absolute Gasteiger partial charge is 0.478 e. The number of amides is 1. The predicted octanol–water partition coefficient (Wildman–Crippen LogP) is 3.60. The molecule has 102 valence electrons. The molecule has 0 fully saturated rings. The number of para-hydroxylation sites is 1. The highest BCUT2D eigenvalue weighted by atomic mass is 35.5. The topological polar surface area (TPSA) is 66.4 Å². The van der Waals surface area contributed by atoms with Crippen molar-refractivity contribution in [3.8, 4) is 0 Å². The first-order valence-electron chi connectivity index (χ1n) is 5.89. The Balaban J connectivity index is 2.28. The third kappa shape index (κ3) is 2.97. The van der Waals surface area contributed by atoms with E-state index in [2.05, 4.69) is 5.32 Å². The molecule has 2 aromatic carbocycles. The van der Waals surface area contributed by atoms with Gasteiger partial charge < -0.3 is 10.4 Å². The molecule has 0 aliphatic rings. The lowest BCUT2D eigenvalue weighted by molar-refractivity contribution is 0.0698. The SMILES string of the molecule is Cc1cc(C(=O)Nc2ccccc2C(=O)O)ccc1Cl. The minimum Gasteiger partial charge on any atom is -0.478 e. The number of aromatic carboxylic acids is 1. The number of halogens is 1. The van der Waals surface area contributed by atoms with E-state index in [1.54, 1.807) is 43.3 Å². The standard InChI is InChI=1S/C15H12ClNO3/c1-9-8-10(6-7-12(9)16)14(18)17-13-5-3-2-4-11(13)15(19)20/h2-8H,1H3,(H,17,18)(H,19,20). The molecular weight excluding hydrogens is 278 g/mol. The molecule has 5 heteroatoms. The van der Waals surface area contributed by atoms with Crippen molar-refractivity contribution in [1.82, 2.24) is 0 Å². The van der Waals surface area contributed by atoms with Crippen LogP contribution in [0.3, 0.4) is 0 Å². The van der Waals surface area contributed by atoms with Crippen molar-refractivity contribution in [1.29, 1.82) is 0 Å². The maximum Gasteiger partial charge on any atom is 0.337 e. The number of carboxylic acids is 1. The summed E-state index contributed by atoms with van der Waals surface area (Å²) in [7, 11) is 0. The summed E-state index contributed by atoms with van der Waals surface area (Å²) in [5, 5.41) is 12.2. The molecule has 0 aromatic heterocycles. The van der Waals surface area contributed by atoms with Gasteiger partial charge in [0, 0.05) is 10.6 Å². The van der Waals surface area contributed by atoms with E-state index in [0.717, 1.165) is 5.56 Å². The third-order valence-corrected chi connectivity index (χ3v) is 3.25. The molecule has 2 rings (SSSR count). The molecule has 4 nitrogen and oxygen atoms in total. The number of carbonyl (C=O) groups excluding carboxylic acids is 1. The van der Waals surface area contributed by atoms with Crippen LogP contribution in [0.25, 0.3) is 0 Å². The second-order valence-corrected chi connectivity index (χ2v) is 4.68. The normalized spacial score (nSPS) is 10.1. The third-order valence-electron chi connectivity index (χ3n) is 2.83. The number of carbonyl (C=O) groups is 2. The van der Waals surface area contributed by atoms with Crippen molar-refractivity contribution in [3.05, 3.63) is 64.2 Å². The minimum atomic E-state index is -1.09. The van der Waals surface area contributed by atoms with Crippen LogP contribution in [-0.2, 0) is 0 Å². The van der Waals surface area contributed by atoms with Crippen LogP contribution < -0.4 is 5.32 Å². The number of nitrogens with one attached hydrogen (secondary N) is 1. The maximum atomic E-state index is 12.1. The molecule has 0 saturated heterocycles. The Morgan fingerprint density at radius 1 is 1.15 bits per heavy atom. The van der Waals surface area contributed by atoms with Crippen molar-refractivity contribution in [3.63, 3.8) is 0 Å². The molecule has 0 atom stereocenters. The van der Waals surface area contributed by atoms with Crippen LogP contribution in [0.4, 0.5) is 5.69 Å². The van der Waals surface area contributed by atoms with Crippen LogP contribution in [0, 0.1) is 6.92 Å². The molecule has 0 saturated carbocycles. The molecule has 0 heterocycles. The van der Waals surface area contributed by atoms with Gasteiger partial charge >= 0.3 is 5.97 Å². The summed E-state index contributed by atoms with van der Waals surface area (Å²) in [5.41, 5.74) is 1.52. The lowest BCUT2D eigenvalue weighted by Crippen LogP contribution is -2.14. The predicted molar refractivity (Wildman–Crippen MR) is 77.5 cm³/mol. The molecular formula is C15H12ClNO3. The first-order chi connectivity index (χ1) is 9.49. The lowest BCUT2D eigenvalue weighted by atomic mass is 10.1. The Morgan fingerprint density at radius 2 is 1.85 bits per heavy atom. The zero-order valence-electron chi connectivity index (χ0n) is 10.7. The van der Waals surface area contributed by atoms with Crippen LogP contribution in [0.1, 0.15) is 26.3 Å². The molecule has 20 heavy (non-hydrogen) atoms.